The van der Waals surface area contributed by atoms with Crippen LogP contribution in [0.2, 0.25) is 0 Å². The van der Waals surface area contributed by atoms with Crippen LogP contribution >= 0.6 is 0 Å². The summed E-state index contributed by atoms with van der Waals surface area (Å²) in [6.45, 7) is 4.16. The van der Waals surface area contributed by atoms with Gasteiger partial charge >= 0.3 is 0 Å². The molecule has 1 heterocycles. The maximum absolute atomic E-state index is 9.16. The molecule has 0 spiro atoms. The minimum absolute atomic E-state index is 0.188. The number of piperazine rings is 1. The third-order valence-electron chi connectivity index (χ3n) is 3.42. The van der Waals surface area contributed by atoms with Crippen molar-refractivity contribution >= 4 is 5.69 Å². The first kappa shape index (κ1) is 12.9. The van der Waals surface area contributed by atoms with Crippen LogP contribution in [0.25, 0.3) is 0 Å². The summed E-state index contributed by atoms with van der Waals surface area (Å²) in [7, 11) is 0. The van der Waals surface area contributed by atoms with Crippen molar-refractivity contribution in [3.8, 4) is 6.07 Å². The molecule has 0 aromatic heterocycles. The summed E-state index contributed by atoms with van der Waals surface area (Å²) in [6.07, 6.45) is 0.744. The van der Waals surface area contributed by atoms with Crippen LogP contribution in [-0.2, 0) is 0 Å². The smallest absolute Gasteiger partial charge is 0.0992 e. The average molecular weight is 245 g/mol. The molecule has 0 radical (unpaired) electrons. The zero-order chi connectivity index (χ0) is 13.0. The minimum Gasteiger partial charge on any atom is -0.396 e. The van der Waals surface area contributed by atoms with E-state index in [4.69, 9.17) is 10.4 Å². The highest BCUT2D eigenvalue weighted by molar-refractivity contribution is 5.53. The lowest BCUT2D eigenvalue weighted by atomic mass is 10.0. The molecule has 1 aliphatic rings. The molecule has 1 aromatic rings. The molecule has 2 rings (SSSR count). The molecule has 0 amide bonds. The van der Waals surface area contributed by atoms with Gasteiger partial charge in [-0.15, -0.1) is 0 Å². The van der Waals surface area contributed by atoms with E-state index in [-0.39, 0.29) is 12.6 Å². The van der Waals surface area contributed by atoms with E-state index in [1.54, 1.807) is 0 Å². The average Bonchev–Trinajstić information content (AvgIpc) is 2.39. The molecule has 2 atom stereocenters. The first-order chi connectivity index (χ1) is 8.76. The second-order valence-electron chi connectivity index (χ2n) is 4.74. The molecule has 1 aliphatic heterocycles. The Morgan fingerprint density at radius 1 is 1.50 bits per heavy atom. The second kappa shape index (κ2) is 5.85. The summed E-state index contributed by atoms with van der Waals surface area (Å²) >= 11 is 0. The number of anilines is 1. The zero-order valence-corrected chi connectivity index (χ0v) is 10.6. The Bertz CT molecular complexity index is 439. The van der Waals surface area contributed by atoms with Gasteiger partial charge < -0.3 is 15.3 Å². The molecule has 1 fully saturated rings. The van der Waals surface area contributed by atoms with Gasteiger partial charge in [0.25, 0.3) is 0 Å². The van der Waals surface area contributed by atoms with Crippen molar-refractivity contribution in [1.82, 2.24) is 5.32 Å². The van der Waals surface area contributed by atoms with Gasteiger partial charge in [0.15, 0.2) is 0 Å². The number of hydrogen-bond donors (Lipinski definition) is 2. The zero-order valence-electron chi connectivity index (χ0n) is 10.6. The van der Waals surface area contributed by atoms with Gasteiger partial charge in [0.2, 0.25) is 0 Å². The maximum atomic E-state index is 9.16. The monoisotopic (exact) mass is 245 g/mol. The number of benzene rings is 1. The van der Waals surface area contributed by atoms with Gasteiger partial charge in [-0.1, -0.05) is 6.07 Å². The molecule has 0 aliphatic carbocycles. The molecule has 0 bridgehead atoms. The summed E-state index contributed by atoms with van der Waals surface area (Å²) < 4.78 is 0. The van der Waals surface area contributed by atoms with Crippen LogP contribution in [0.1, 0.15) is 18.9 Å². The highest BCUT2D eigenvalue weighted by Gasteiger charge is 2.27. The summed E-state index contributed by atoms with van der Waals surface area (Å²) in [5.41, 5.74) is 1.75. The molecular weight excluding hydrogens is 226 g/mol. The van der Waals surface area contributed by atoms with Crippen molar-refractivity contribution in [2.45, 2.75) is 25.4 Å². The largest absolute Gasteiger partial charge is 0.396 e. The first-order valence-electron chi connectivity index (χ1n) is 6.36. The van der Waals surface area contributed by atoms with Crippen molar-refractivity contribution in [2.24, 2.45) is 0 Å². The van der Waals surface area contributed by atoms with Gasteiger partial charge in [0.05, 0.1) is 11.6 Å². The van der Waals surface area contributed by atoms with Crippen LogP contribution < -0.4 is 10.2 Å². The van der Waals surface area contributed by atoms with Crippen molar-refractivity contribution < 1.29 is 5.11 Å². The van der Waals surface area contributed by atoms with Gasteiger partial charge in [-0.2, -0.15) is 5.26 Å². The number of aliphatic hydroxyl groups is 1. The standard InChI is InChI=1S/C14H19N3O/c1-11-9-16-10-14(5-6-18)17(11)13-4-2-3-12(7-13)8-15/h2-4,7,11,14,16,18H,5-6,9-10H2,1H3. The Balaban J connectivity index is 2.28. The van der Waals surface area contributed by atoms with E-state index in [2.05, 4.69) is 23.2 Å². The van der Waals surface area contributed by atoms with Crippen molar-refractivity contribution in [2.75, 3.05) is 24.6 Å². The number of rotatable bonds is 3. The van der Waals surface area contributed by atoms with E-state index in [1.807, 2.05) is 24.3 Å². The molecule has 1 aromatic carbocycles. The summed E-state index contributed by atoms with van der Waals surface area (Å²) in [5.74, 6) is 0. The first-order valence-corrected chi connectivity index (χ1v) is 6.36. The Hall–Kier alpha value is -1.57. The summed E-state index contributed by atoms with van der Waals surface area (Å²) in [4.78, 5) is 2.31. The number of aliphatic hydroxyl groups excluding tert-OH is 1. The molecule has 2 unspecified atom stereocenters. The topological polar surface area (TPSA) is 59.3 Å². The van der Waals surface area contributed by atoms with Gasteiger partial charge in [-0.25, -0.2) is 0 Å². The number of nitriles is 1. The molecule has 4 heteroatoms. The lowest BCUT2D eigenvalue weighted by molar-refractivity contribution is 0.259. The second-order valence-corrected chi connectivity index (χ2v) is 4.74. The maximum Gasteiger partial charge on any atom is 0.0992 e. The Morgan fingerprint density at radius 3 is 3.06 bits per heavy atom. The van der Waals surface area contributed by atoms with Gasteiger partial charge in [-0.3, -0.25) is 0 Å². The van der Waals surface area contributed by atoms with Crippen LogP contribution in [-0.4, -0.2) is 36.9 Å². The third kappa shape index (κ3) is 2.63. The van der Waals surface area contributed by atoms with E-state index in [0.29, 0.717) is 11.6 Å². The molecule has 4 nitrogen and oxygen atoms in total. The van der Waals surface area contributed by atoms with Crippen molar-refractivity contribution in [3.63, 3.8) is 0 Å². The SMILES string of the molecule is CC1CNCC(CCO)N1c1cccc(C#N)c1. The molecule has 96 valence electrons. The van der Waals surface area contributed by atoms with E-state index >= 15 is 0 Å². The van der Waals surface area contributed by atoms with Crippen LogP contribution in [0, 0.1) is 11.3 Å². The van der Waals surface area contributed by atoms with E-state index in [9.17, 15) is 0 Å². The fourth-order valence-electron chi connectivity index (χ4n) is 2.61. The normalized spacial score (nSPS) is 23.7. The fraction of sp³-hybridized carbons (Fsp3) is 0.500. The fourth-order valence-corrected chi connectivity index (χ4v) is 2.61. The highest BCUT2D eigenvalue weighted by Crippen LogP contribution is 2.24. The third-order valence-corrected chi connectivity index (χ3v) is 3.42. The molecular formula is C14H19N3O. The van der Waals surface area contributed by atoms with Gasteiger partial charge in [0.1, 0.15) is 0 Å². The van der Waals surface area contributed by atoms with E-state index in [0.717, 1.165) is 25.2 Å². The van der Waals surface area contributed by atoms with Gasteiger partial charge in [-0.05, 0) is 31.5 Å². The number of nitrogens with one attached hydrogen (secondary N) is 1. The molecule has 18 heavy (non-hydrogen) atoms. The molecule has 2 N–H and O–H groups in total. The predicted octanol–water partition coefficient (Wildman–Crippen LogP) is 1.11. The number of nitrogens with zero attached hydrogens (tertiary/aromatic N) is 2. The summed E-state index contributed by atoms with van der Waals surface area (Å²) in [5, 5.41) is 21.5. The van der Waals surface area contributed by atoms with Crippen LogP contribution in [0.3, 0.4) is 0 Å². The minimum atomic E-state index is 0.188. The van der Waals surface area contributed by atoms with E-state index < -0.39 is 0 Å². The van der Waals surface area contributed by atoms with Crippen LogP contribution in [0.15, 0.2) is 24.3 Å². The molecule has 0 saturated carbocycles. The van der Waals surface area contributed by atoms with Crippen LogP contribution in [0.4, 0.5) is 5.69 Å². The van der Waals surface area contributed by atoms with Crippen molar-refractivity contribution in [1.29, 1.82) is 5.26 Å². The summed E-state index contributed by atoms with van der Waals surface area (Å²) in [6, 6.07) is 10.5. The van der Waals surface area contributed by atoms with Crippen LogP contribution in [0.5, 0.6) is 0 Å². The van der Waals surface area contributed by atoms with Gasteiger partial charge in [0, 0.05) is 37.5 Å². The van der Waals surface area contributed by atoms with Crippen molar-refractivity contribution in [3.05, 3.63) is 29.8 Å². The quantitative estimate of drug-likeness (QED) is 0.837. The Kier molecular flexibility index (Phi) is 4.19. The highest BCUT2D eigenvalue weighted by atomic mass is 16.3. The number of hydrogen-bond acceptors (Lipinski definition) is 4. The Labute approximate surface area is 108 Å². The lowest BCUT2D eigenvalue weighted by Gasteiger charge is -2.43. The predicted molar refractivity (Wildman–Crippen MR) is 71.5 cm³/mol. The molecule has 1 saturated heterocycles. The Morgan fingerprint density at radius 2 is 2.33 bits per heavy atom. The van der Waals surface area contributed by atoms with E-state index in [1.165, 1.54) is 0 Å². The lowest BCUT2D eigenvalue weighted by Crippen LogP contribution is -2.56.